The van der Waals surface area contributed by atoms with E-state index in [1.165, 1.54) is 12.8 Å². The molecule has 0 aromatic heterocycles. The molecule has 1 aliphatic heterocycles. The molecule has 2 fully saturated rings. The minimum absolute atomic E-state index is 0.0633. The number of nitrogens with one attached hydrogen (secondary N) is 1. The molecule has 7 heteroatoms. The van der Waals surface area contributed by atoms with Crippen LogP contribution in [0.5, 0.6) is 5.75 Å². The Morgan fingerprint density at radius 1 is 1.14 bits per heavy atom. The van der Waals surface area contributed by atoms with Crippen molar-refractivity contribution in [1.82, 2.24) is 5.32 Å². The summed E-state index contributed by atoms with van der Waals surface area (Å²) in [6.45, 7) is 1.80. The van der Waals surface area contributed by atoms with Crippen molar-refractivity contribution in [1.29, 1.82) is 0 Å². The highest BCUT2D eigenvalue weighted by atomic mass is 16.5. The molecule has 1 aromatic rings. The third kappa shape index (κ3) is 5.28. The summed E-state index contributed by atoms with van der Waals surface area (Å²) >= 11 is 0. The van der Waals surface area contributed by atoms with Crippen molar-refractivity contribution in [3.63, 3.8) is 0 Å². The number of methoxy groups -OCH3 is 1. The first-order chi connectivity index (χ1) is 14.0. The fourth-order valence-electron chi connectivity index (χ4n) is 4.02. The number of carbonyl (C=O) groups excluding carboxylic acids is 3. The fraction of sp³-hybridized carbons (Fsp3) is 0.591. The molecule has 1 saturated heterocycles. The van der Waals surface area contributed by atoms with Crippen LogP contribution in [0.4, 0.5) is 5.69 Å². The van der Waals surface area contributed by atoms with E-state index in [0.29, 0.717) is 11.4 Å². The van der Waals surface area contributed by atoms with Crippen molar-refractivity contribution >= 4 is 23.5 Å². The zero-order valence-electron chi connectivity index (χ0n) is 17.2. The van der Waals surface area contributed by atoms with Gasteiger partial charge in [-0.1, -0.05) is 37.8 Å². The first-order valence-corrected chi connectivity index (χ1v) is 10.4. The number of nitrogens with zero attached hydrogens (tertiary/aromatic N) is 1. The molecule has 2 aliphatic rings. The normalized spacial score (nSPS) is 21.4. The Balaban J connectivity index is 1.55. The van der Waals surface area contributed by atoms with Gasteiger partial charge in [-0.2, -0.15) is 0 Å². The van der Waals surface area contributed by atoms with Gasteiger partial charge in [-0.05, 0) is 31.9 Å². The standard InChI is InChI=1S/C22H30N2O5/c1-15(21(26)23-17-9-5-3-4-6-10-17)29-22(27)16-13-20(25)24(14-16)18-11-7-8-12-19(18)28-2/h7-8,11-12,15-17H,3-6,9-10,13-14H2,1-2H3,(H,23,26)/t15-,16+/m1/s1. The molecule has 7 nitrogen and oxygen atoms in total. The predicted octanol–water partition coefficient (Wildman–Crippen LogP) is 2.82. The highest BCUT2D eigenvalue weighted by molar-refractivity contribution is 6.00. The highest BCUT2D eigenvalue weighted by Crippen LogP contribution is 2.33. The Hall–Kier alpha value is -2.57. The lowest BCUT2D eigenvalue weighted by Crippen LogP contribution is -2.42. The number of para-hydroxylation sites is 2. The van der Waals surface area contributed by atoms with Crippen LogP contribution < -0.4 is 15.0 Å². The van der Waals surface area contributed by atoms with E-state index in [4.69, 9.17) is 9.47 Å². The van der Waals surface area contributed by atoms with Gasteiger partial charge in [0.1, 0.15) is 5.75 Å². The van der Waals surface area contributed by atoms with Gasteiger partial charge in [-0.15, -0.1) is 0 Å². The molecule has 1 saturated carbocycles. The van der Waals surface area contributed by atoms with Gasteiger partial charge in [0.25, 0.3) is 5.91 Å². The second kappa shape index (κ2) is 9.76. The Morgan fingerprint density at radius 3 is 2.52 bits per heavy atom. The van der Waals surface area contributed by atoms with Gasteiger partial charge in [0, 0.05) is 19.0 Å². The van der Waals surface area contributed by atoms with Gasteiger partial charge in [-0.3, -0.25) is 14.4 Å². The number of carbonyl (C=O) groups is 3. The van der Waals surface area contributed by atoms with Gasteiger partial charge in [0.15, 0.2) is 6.10 Å². The number of amides is 2. The maximum atomic E-state index is 12.6. The summed E-state index contributed by atoms with van der Waals surface area (Å²) in [6, 6.07) is 7.35. The summed E-state index contributed by atoms with van der Waals surface area (Å²) in [5.41, 5.74) is 0.634. The molecule has 3 rings (SSSR count). The average Bonchev–Trinajstić information content (AvgIpc) is 2.93. The minimum Gasteiger partial charge on any atom is -0.495 e. The van der Waals surface area contributed by atoms with E-state index in [1.807, 2.05) is 12.1 Å². The van der Waals surface area contributed by atoms with Crippen LogP contribution >= 0.6 is 0 Å². The summed E-state index contributed by atoms with van der Waals surface area (Å²) in [5.74, 6) is -0.964. The summed E-state index contributed by atoms with van der Waals surface area (Å²) in [6.07, 6.45) is 5.76. The second-order valence-corrected chi connectivity index (χ2v) is 7.85. The Labute approximate surface area is 171 Å². The number of ether oxygens (including phenoxy) is 2. The molecule has 2 amide bonds. The maximum absolute atomic E-state index is 12.6. The third-order valence-electron chi connectivity index (χ3n) is 5.70. The van der Waals surface area contributed by atoms with Gasteiger partial charge in [0.2, 0.25) is 5.91 Å². The number of rotatable bonds is 6. The molecule has 29 heavy (non-hydrogen) atoms. The van der Waals surface area contributed by atoms with E-state index in [0.717, 1.165) is 25.7 Å². The number of hydrogen-bond donors (Lipinski definition) is 1. The SMILES string of the molecule is COc1ccccc1N1C[C@@H](C(=O)O[C@H](C)C(=O)NC2CCCCCC2)CC1=O. The molecule has 0 bridgehead atoms. The van der Waals surface area contributed by atoms with E-state index in [-0.39, 0.29) is 30.8 Å². The van der Waals surface area contributed by atoms with E-state index in [2.05, 4.69) is 5.32 Å². The number of anilines is 1. The van der Waals surface area contributed by atoms with E-state index >= 15 is 0 Å². The average molecular weight is 402 g/mol. The first-order valence-electron chi connectivity index (χ1n) is 10.4. The van der Waals surface area contributed by atoms with Crippen LogP contribution in [-0.2, 0) is 19.1 Å². The van der Waals surface area contributed by atoms with Crippen LogP contribution in [-0.4, -0.2) is 43.6 Å². The topological polar surface area (TPSA) is 84.9 Å². The van der Waals surface area contributed by atoms with Crippen LogP contribution in [0.3, 0.4) is 0 Å². The molecule has 0 radical (unpaired) electrons. The number of esters is 1. The first kappa shape index (κ1) is 21.1. The molecule has 1 aliphatic carbocycles. The van der Waals surface area contributed by atoms with E-state index < -0.39 is 18.0 Å². The van der Waals surface area contributed by atoms with Crippen LogP contribution in [0.2, 0.25) is 0 Å². The second-order valence-electron chi connectivity index (χ2n) is 7.85. The molecule has 0 spiro atoms. The Kier molecular flexibility index (Phi) is 7.12. The van der Waals surface area contributed by atoms with Crippen molar-refractivity contribution in [3.8, 4) is 5.75 Å². The zero-order chi connectivity index (χ0) is 20.8. The Bertz CT molecular complexity index is 742. The van der Waals surface area contributed by atoms with Crippen molar-refractivity contribution in [3.05, 3.63) is 24.3 Å². The molecular formula is C22H30N2O5. The van der Waals surface area contributed by atoms with Gasteiger partial charge in [-0.25, -0.2) is 0 Å². The van der Waals surface area contributed by atoms with Gasteiger partial charge in [0.05, 0.1) is 18.7 Å². The molecule has 0 unspecified atom stereocenters. The molecule has 1 heterocycles. The molecule has 2 atom stereocenters. The van der Waals surface area contributed by atoms with Crippen LogP contribution in [0, 0.1) is 5.92 Å². The predicted molar refractivity (Wildman–Crippen MR) is 109 cm³/mol. The van der Waals surface area contributed by atoms with Crippen molar-refractivity contribution < 1.29 is 23.9 Å². The van der Waals surface area contributed by atoms with Crippen molar-refractivity contribution in [2.75, 3.05) is 18.6 Å². The van der Waals surface area contributed by atoms with Crippen LogP contribution in [0.25, 0.3) is 0 Å². The van der Waals surface area contributed by atoms with Gasteiger partial charge < -0.3 is 19.7 Å². The lowest BCUT2D eigenvalue weighted by molar-refractivity contribution is -0.158. The quantitative estimate of drug-likeness (QED) is 0.584. The Morgan fingerprint density at radius 2 is 1.83 bits per heavy atom. The summed E-state index contributed by atoms with van der Waals surface area (Å²) in [7, 11) is 1.54. The largest absolute Gasteiger partial charge is 0.495 e. The summed E-state index contributed by atoms with van der Waals surface area (Å²) < 4.78 is 10.7. The van der Waals surface area contributed by atoms with Crippen LogP contribution in [0.1, 0.15) is 51.9 Å². The highest BCUT2D eigenvalue weighted by Gasteiger charge is 2.38. The lowest BCUT2D eigenvalue weighted by Gasteiger charge is -2.21. The third-order valence-corrected chi connectivity index (χ3v) is 5.70. The molecule has 1 N–H and O–H groups in total. The fourth-order valence-corrected chi connectivity index (χ4v) is 4.02. The van der Waals surface area contributed by atoms with Crippen molar-refractivity contribution in [2.24, 2.45) is 5.92 Å². The molecule has 1 aromatic carbocycles. The van der Waals surface area contributed by atoms with Gasteiger partial charge >= 0.3 is 5.97 Å². The maximum Gasteiger partial charge on any atom is 0.312 e. The smallest absolute Gasteiger partial charge is 0.312 e. The van der Waals surface area contributed by atoms with E-state index in [9.17, 15) is 14.4 Å². The number of benzene rings is 1. The minimum atomic E-state index is -0.874. The zero-order valence-corrected chi connectivity index (χ0v) is 17.2. The summed E-state index contributed by atoms with van der Waals surface area (Å²) in [5, 5.41) is 3.00. The molecular weight excluding hydrogens is 372 g/mol. The summed E-state index contributed by atoms with van der Waals surface area (Å²) in [4.78, 5) is 39.0. The van der Waals surface area contributed by atoms with E-state index in [1.54, 1.807) is 31.1 Å². The van der Waals surface area contributed by atoms with Crippen LogP contribution in [0.15, 0.2) is 24.3 Å². The number of hydrogen-bond acceptors (Lipinski definition) is 5. The monoisotopic (exact) mass is 402 g/mol. The molecule has 158 valence electrons. The van der Waals surface area contributed by atoms with Crippen molar-refractivity contribution in [2.45, 2.75) is 64.0 Å². The lowest BCUT2D eigenvalue weighted by atomic mass is 10.1.